The van der Waals surface area contributed by atoms with Gasteiger partial charge in [0.15, 0.2) is 13.2 Å². The number of carbonyl (C=O) groups is 2. The Kier molecular flexibility index (Phi) is 7.00. The number of fused-ring (bicyclic) bond motifs is 4. The average molecular weight is 452 g/mol. The van der Waals surface area contributed by atoms with Gasteiger partial charge in [-0.05, 0) is 51.4 Å². The first-order valence-electron chi connectivity index (χ1n) is 10.4. The molecule has 0 aromatic rings. The second-order valence-corrected chi connectivity index (χ2v) is 8.91. The predicted octanol–water partition coefficient (Wildman–Crippen LogP) is 3.67. The van der Waals surface area contributed by atoms with Crippen LogP contribution >= 0.6 is 0 Å². The molecule has 0 spiro atoms. The van der Waals surface area contributed by atoms with Gasteiger partial charge in [0, 0.05) is 18.8 Å². The van der Waals surface area contributed by atoms with Gasteiger partial charge in [0.25, 0.3) is 0 Å². The molecule has 2 atom stereocenters. The smallest absolute Gasteiger partial charge is 0.346 e. The van der Waals surface area contributed by atoms with E-state index in [4.69, 9.17) is 14.2 Å². The standard InChI is InChI=1S/C21H28F4O6/c1-13(2)17(26)30-11-20(22,23)21(24,25)12-31-18(27)19-8-14-6-15(9-19)28-4-3-5-29-16(7-14)10-19/h14-16H,1,3-12H2,2H3. The summed E-state index contributed by atoms with van der Waals surface area (Å²) in [6, 6.07) is 0. The summed E-state index contributed by atoms with van der Waals surface area (Å²) in [4.78, 5) is 24.1. The molecule has 4 bridgehead atoms. The molecule has 176 valence electrons. The molecule has 0 aromatic carbocycles. The molecule has 0 amide bonds. The number of esters is 2. The Morgan fingerprint density at radius 1 is 0.968 bits per heavy atom. The molecular weight excluding hydrogens is 424 g/mol. The molecule has 2 saturated heterocycles. The van der Waals surface area contributed by atoms with Gasteiger partial charge >= 0.3 is 23.8 Å². The van der Waals surface area contributed by atoms with Crippen molar-refractivity contribution in [3.63, 3.8) is 0 Å². The lowest BCUT2D eigenvalue weighted by Crippen LogP contribution is -2.53. The van der Waals surface area contributed by atoms with E-state index in [1.165, 1.54) is 6.92 Å². The van der Waals surface area contributed by atoms with E-state index in [0.29, 0.717) is 32.5 Å². The summed E-state index contributed by atoms with van der Waals surface area (Å²) in [6.07, 6.45) is 2.84. The number of hydrogen-bond acceptors (Lipinski definition) is 6. The second kappa shape index (κ2) is 9.05. The van der Waals surface area contributed by atoms with Crippen molar-refractivity contribution in [2.75, 3.05) is 26.4 Å². The molecule has 2 saturated carbocycles. The Bertz CT molecular complexity index is 692. The minimum atomic E-state index is -4.71. The molecular formula is C21H28F4O6. The maximum Gasteiger partial charge on any atom is 0.346 e. The number of alkyl halides is 4. The van der Waals surface area contributed by atoms with Crippen molar-refractivity contribution in [2.24, 2.45) is 11.3 Å². The van der Waals surface area contributed by atoms with Crippen molar-refractivity contribution in [2.45, 2.75) is 69.5 Å². The lowest BCUT2D eigenvalue weighted by atomic mass is 9.60. The van der Waals surface area contributed by atoms with Crippen LogP contribution in [0.5, 0.6) is 0 Å². The number of hydrogen-bond donors (Lipinski definition) is 0. The van der Waals surface area contributed by atoms with Crippen molar-refractivity contribution in [3.05, 3.63) is 12.2 Å². The van der Waals surface area contributed by atoms with E-state index >= 15 is 0 Å². The van der Waals surface area contributed by atoms with Gasteiger partial charge in [0.05, 0.1) is 17.6 Å². The van der Waals surface area contributed by atoms with Crippen LogP contribution in [0.15, 0.2) is 12.2 Å². The Morgan fingerprint density at radius 3 is 2.00 bits per heavy atom. The van der Waals surface area contributed by atoms with Gasteiger partial charge in [-0.2, -0.15) is 17.6 Å². The van der Waals surface area contributed by atoms with Crippen LogP contribution in [-0.4, -0.2) is 62.4 Å². The average Bonchev–Trinajstić information content (AvgIpc) is 2.69. The highest BCUT2D eigenvalue weighted by Crippen LogP contribution is 2.52. The number of rotatable bonds is 7. The van der Waals surface area contributed by atoms with Crippen LogP contribution in [-0.2, 0) is 28.5 Å². The van der Waals surface area contributed by atoms with E-state index in [-0.39, 0.29) is 23.7 Å². The Morgan fingerprint density at radius 2 is 1.48 bits per heavy atom. The van der Waals surface area contributed by atoms with Gasteiger partial charge in [0.2, 0.25) is 0 Å². The SMILES string of the molecule is C=C(C)C(=O)OCC(F)(F)C(F)(F)COC(=O)C12CC3CC(C1)OCCCOC(C3)C2. The van der Waals surface area contributed by atoms with Crippen LogP contribution < -0.4 is 0 Å². The fourth-order valence-corrected chi connectivity index (χ4v) is 4.71. The minimum Gasteiger partial charge on any atom is -0.459 e. The monoisotopic (exact) mass is 452 g/mol. The molecule has 2 heterocycles. The first-order valence-corrected chi connectivity index (χ1v) is 10.4. The van der Waals surface area contributed by atoms with E-state index < -0.39 is 42.4 Å². The van der Waals surface area contributed by atoms with Gasteiger partial charge < -0.3 is 18.9 Å². The Labute approximate surface area is 178 Å². The van der Waals surface area contributed by atoms with Gasteiger partial charge in [-0.15, -0.1) is 0 Å². The molecule has 4 fully saturated rings. The third-order valence-corrected chi connectivity index (χ3v) is 6.19. The van der Waals surface area contributed by atoms with Crippen molar-refractivity contribution in [1.29, 1.82) is 0 Å². The first-order chi connectivity index (χ1) is 14.4. The zero-order valence-electron chi connectivity index (χ0n) is 17.5. The summed E-state index contributed by atoms with van der Waals surface area (Å²) in [5.74, 6) is -11.5. The molecule has 4 rings (SSSR count). The van der Waals surface area contributed by atoms with Gasteiger partial charge in [-0.1, -0.05) is 6.58 Å². The van der Waals surface area contributed by atoms with E-state index in [9.17, 15) is 27.2 Å². The number of halogens is 4. The number of carbonyl (C=O) groups excluding carboxylic acids is 2. The lowest BCUT2D eigenvalue weighted by molar-refractivity contribution is -0.250. The summed E-state index contributed by atoms with van der Waals surface area (Å²) in [6.45, 7) is 1.69. The van der Waals surface area contributed by atoms with Gasteiger partial charge in [-0.3, -0.25) is 4.79 Å². The van der Waals surface area contributed by atoms with Crippen LogP contribution in [0.1, 0.15) is 45.4 Å². The molecule has 2 unspecified atom stereocenters. The van der Waals surface area contributed by atoms with E-state index in [0.717, 1.165) is 19.3 Å². The fourth-order valence-electron chi connectivity index (χ4n) is 4.71. The highest BCUT2D eigenvalue weighted by Gasteiger charge is 2.59. The van der Waals surface area contributed by atoms with Crippen molar-refractivity contribution in [1.82, 2.24) is 0 Å². The highest BCUT2D eigenvalue weighted by molar-refractivity contribution is 5.86. The molecule has 10 heteroatoms. The van der Waals surface area contributed by atoms with E-state index in [1.54, 1.807) is 0 Å². The largest absolute Gasteiger partial charge is 0.459 e. The maximum atomic E-state index is 14.2. The molecule has 31 heavy (non-hydrogen) atoms. The van der Waals surface area contributed by atoms with Gasteiger partial charge in [-0.25, -0.2) is 4.79 Å². The lowest BCUT2D eigenvalue weighted by Gasteiger charge is -2.49. The third-order valence-electron chi connectivity index (χ3n) is 6.19. The zero-order valence-corrected chi connectivity index (χ0v) is 17.5. The fraction of sp³-hybridized carbons (Fsp3) is 0.810. The van der Waals surface area contributed by atoms with Crippen molar-refractivity contribution < 1.29 is 46.1 Å². The minimum absolute atomic E-state index is 0.117. The van der Waals surface area contributed by atoms with E-state index in [1.807, 2.05) is 0 Å². The molecule has 0 N–H and O–H groups in total. The Hall–Kier alpha value is -1.68. The van der Waals surface area contributed by atoms with Crippen molar-refractivity contribution in [3.8, 4) is 0 Å². The maximum absolute atomic E-state index is 14.2. The summed E-state index contributed by atoms with van der Waals surface area (Å²) >= 11 is 0. The quantitative estimate of drug-likeness (QED) is 0.334. The second-order valence-electron chi connectivity index (χ2n) is 8.91. The summed E-state index contributed by atoms with van der Waals surface area (Å²) in [5.41, 5.74) is -1.29. The van der Waals surface area contributed by atoms with Crippen LogP contribution in [0.25, 0.3) is 0 Å². The third kappa shape index (κ3) is 5.39. The number of ether oxygens (including phenoxy) is 4. The predicted molar refractivity (Wildman–Crippen MR) is 99.7 cm³/mol. The van der Waals surface area contributed by atoms with Crippen LogP contribution in [0.2, 0.25) is 0 Å². The highest BCUT2D eigenvalue weighted by atomic mass is 19.3. The molecule has 4 aliphatic rings. The normalized spacial score (nSPS) is 31.2. The molecule has 0 aromatic heterocycles. The van der Waals surface area contributed by atoms with Crippen LogP contribution in [0.4, 0.5) is 17.6 Å². The zero-order chi connectivity index (χ0) is 22.9. The van der Waals surface area contributed by atoms with Crippen LogP contribution in [0.3, 0.4) is 0 Å². The summed E-state index contributed by atoms with van der Waals surface area (Å²) in [7, 11) is 0. The molecule has 2 aliphatic heterocycles. The van der Waals surface area contributed by atoms with Gasteiger partial charge in [0.1, 0.15) is 0 Å². The van der Waals surface area contributed by atoms with Crippen molar-refractivity contribution >= 4 is 11.9 Å². The van der Waals surface area contributed by atoms with E-state index in [2.05, 4.69) is 11.3 Å². The first kappa shape index (κ1) is 24.0. The summed E-state index contributed by atoms with van der Waals surface area (Å²) in [5, 5.41) is 0. The molecule has 6 nitrogen and oxygen atoms in total. The molecule has 2 aliphatic carbocycles. The topological polar surface area (TPSA) is 71.1 Å². The van der Waals surface area contributed by atoms with Crippen LogP contribution in [0, 0.1) is 11.3 Å². The summed E-state index contributed by atoms with van der Waals surface area (Å²) < 4.78 is 76.8. The molecule has 0 radical (unpaired) electrons. The Balaban J connectivity index is 1.65.